The number of carbonyl (C=O) groups excluding carboxylic acids is 3. The summed E-state index contributed by atoms with van der Waals surface area (Å²) in [7, 11) is 0. The van der Waals surface area contributed by atoms with Gasteiger partial charge in [0.15, 0.2) is 12.2 Å². The van der Waals surface area contributed by atoms with Crippen LogP contribution in [0.25, 0.3) is 0 Å². The van der Waals surface area contributed by atoms with Crippen LogP contribution in [0.1, 0.15) is 117 Å². The predicted molar refractivity (Wildman–Crippen MR) is 129 cm³/mol. The highest BCUT2D eigenvalue weighted by molar-refractivity contribution is 6.17. The first-order valence-corrected chi connectivity index (χ1v) is 13.3. The molecule has 0 amide bonds. The topological polar surface area (TPSA) is 88.1 Å². The summed E-state index contributed by atoms with van der Waals surface area (Å²) in [5, 5.41) is 0. The van der Waals surface area contributed by atoms with Crippen molar-refractivity contribution in [1.29, 1.82) is 0 Å². The Morgan fingerprint density at radius 3 is 1.39 bits per heavy atom. The Bertz CT molecular complexity index is 465. The molecule has 0 aliphatic carbocycles. The molecule has 0 atom stereocenters. The van der Waals surface area contributed by atoms with Crippen molar-refractivity contribution in [3.8, 4) is 0 Å². The summed E-state index contributed by atoms with van der Waals surface area (Å²) in [6.07, 6.45) is 14.2. The Kier molecular flexibility index (Phi) is 22.6. The molecule has 0 saturated carbocycles. The molecule has 0 N–H and O–H groups in total. The molecule has 0 aromatic heterocycles. The lowest BCUT2D eigenvalue weighted by atomic mass is 10.1. The third-order valence-electron chi connectivity index (χ3n) is 5.26. The highest BCUT2D eigenvalue weighted by Gasteiger charge is 2.20. The molecule has 194 valence electrons. The monoisotopic (exact) mass is 492 g/mol. The summed E-state index contributed by atoms with van der Waals surface area (Å²) >= 11 is 5.36. The van der Waals surface area contributed by atoms with Crippen LogP contribution < -0.4 is 0 Å². The summed E-state index contributed by atoms with van der Waals surface area (Å²) in [6.45, 7) is 3.97. The number of halogens is 1. The zero-order chi connectivity index (χ0) is 24.6. The van der Waals surface area contributed by atoms with E-state index in [1.54, 1.807) is 0 Å². The molecule has 0 heterocycles. The van der Waals surface area contributed by atoms with Crippen molar-refractivity contribution in [2.45, 2.75) is 123 Å². The van der Waals surface area contributed by atoms with Crippen molar-refractivity contribution in [2.75, 3.05) is 19.3 Å². The van der Waals surface area contributed by atoms with Gasteiger partial charge in [-0.05, 0) is 12.8 Å². The molecule has 0 unspecified atom stereocenters. The number of ether oxygens (including phenoxy) is 4. The summed E-state index contributed by atoms with van der Waals surface area (Å²) in [4.78, 5) is 35.5. The van der Waals surface area contributed by atoms with Gasteiger partial charge in [0.2, 0.25) is 0 Å². The molecule has 0 fully saturated rings. The van der Waals surface area contributed by atoms with E-state index in [2.05, 4.69) is 18.6 Å². The van der Waals surface area contributed by atoms with Crippen molar-refractivity contribution in [3.63, 3.8) is 0 Å². The van der Waals surface area contributed by atoms with Gasteiger partial charge in [0.25, 0.3) is 0 Å². The number of unbranched alkanes of at least 4 members (excludes halogenated alkanes) is 12. The van der Waals surface area contributed by atoms with Crippen molar-refractivity contribution in [1.82, 2.24) is 0 Å². The van der Waals surface area contributed by atoms with E-state index in [1.165, 1.54) is 51.4 Å². The largest absolute Gasteiger partial charge is 0.510 e. The molecule has 0 aliphatic heterocycles. The van der Waals surface area contributed by atoms with Crippen LogP contribution in [0.4, 0.5) is 4.79 Å². The standard InChI is InChI=1S/C25H45ClO7/c1-3-5-7-9-11-13-15-17-23(27)30-19-22(33-25(29)32-21-26)20-31-24(28)18-16-14-12-10-8-6-4-2/h22H,3-21H2,1-2H3. The smallest absolute Gasteiger partial charge is 0.462 e. The molecule has 0 aromatic rings. The Morgan fingerprint density at radius 1 is 0.606 bits per heavy atom. The average molecular weight is 493 g/mol. The fourth-order valence-electron chi connectivity index (χ4n) is 3.30. The molecule has 0 saturated heterocycles. The van der Waals surface area contributed by atoms with Crippen LogP contribution in [0.2, 0.25) is 0 Å². The second-order valence-electron chi connectivity index (χ2n) is 8.35. The minimum Gasteiger partial charge on any atom is -0.462 e. The van der Waals surface area contributed by atoms with E-state index >= 15 is 0 Å². The Balaban J connectivity index is 4.13. The highest BCUT2D eigenvalue weighted by atomic mass is 35.5. The minimum atomic E-state index is -0.999. The lowest BCUT2D eigenvalue weighted by Gasteiger charge is -2.17. The van der Waals surface area contributed by atoms with Crippen molar-refractivity contribution in [3.05, 3.63) is 0 Å². The molecule has 0 bridgehead atoms. The second kappa shape index (κ2) is 23.7. The first kappa shape index (κ1) is 31.5. The van der Waals surface area contributed by atoms with Gasteiger partial charge in [0.1, 0.15) is 13.2 Å². The van der Waals surface area contributed by atoms with Gasteiger partial charge < -0.3 is 18.9 Å². The second-order valence-corrected chi connectivity index (χ2v) is 8.57. The van der Waals surface area contributed by atoms with Crippen LogP contribution in [0.3, 0.4) is 0 Å². The number of hydrogen-bond donors (Lipinski definition) is 0. The van der Waals surface area contributed by atoms with E-state index in [9.17, 15) is 14.4 Å². The van der Waals surface area contributed by atoms with Gasteiger partial charge in [-0.15, -0.1) is 0 Å². The molecule has 8 heteroatoms. The average Bonchev–Trinajstić information content (AvgIpc) is 2.79. The normalized spacial score (nSPS) is 10.8. The molecule has 0 aliphatic rings. The quantitative estimate of drug-likeness (QED) is 0.0690. The molecule has 33 heavy (non-hydrogen) atoms. The molecule has 0 rings (SSSR count). The molecule has 0 spiro atoms. The first-order chi connectivity index (χ1) is 16.0. The Hall–Kier alpha value is -1.50. The van der Waals surface area contributed by atoms with Crippen molar-refractivity contribution in [2.24, 2.45) is 0 Å². The number of esters is 2. The van der Waals surface area contributed by atoms with Gasteiger partial charge >= 0.3 is 18.1 Å². The zero-order valence-corrected chi connectivity index (χ0v) is 21.5. The van der Waals surface area contributed by atoms with E-state index in [1.807, 2.05) is 0 Å². The maximum atomic E-state index is 12.0. The summed E-state index contributed by atoms with van der Waals surface area (Å²) in [5.41, 5.74) is 0. The molecule has 0 radical (unpaired) electrons. The fourth-order valence-corrected chi connectivity index (χ4v) is 3.39. The molecule has 7 nitrogen and oxygen atoms in total. The lowest BCUT2D eigenvalue weighted by molar-refractivity contribution is -0.153. The summed E-state index contributed by atoms with van der Waals surface area (Å²) < 4.78 is 20.0. The van der Waals surface area contributed by atoms with E-state index in [-0.39, 0.29) is 31.2 Å². The Labute approximate surface area is 205 Å². The number of alkyl halides is 1. The number of carbonyl (C=O) groups is 3. The van der Waals surface area contributed by atoms with Gasteiger partial charge in [-0.2, -0.15) is 0 Å². The maximum Gasteiger partial charge on any atom is 0.510 e. The van der Waals surface area contributed by atoms with E-state index in [4.69, 9.17) is 25.8 Å². The van der Waals surface area contributed by atoms with Gasteiger partial charge in [-0.25, -0.2) is 4.79 Å². The van der Waals surface area contributed by atoms with Gasteiger partial charge in [0.05, 0.1) is 0 Å². The van der Waals surface area contributed by atoms with Crippen LogP contribution in [0.5, 0.6) is 0 Å². The van der Waals surface area contributed by atoms with Crippen molar-refractivity contribution >= 4 is 29.7 Å². The van der Waals surface area contributed by atoms with E-state index in [0.29, 0.717) is 12.8 Å². The summed E-state index contributed by atoms with van der Waals surface area (Å²) in [5.74, 6) is -0.727. The zero-order valence-electron chi connectivity index (χ0n) is 20.7. The molecular weight excluding hydrogens is 448 g/mol. The van der Waals surface area contributed by atoms with Gasteiger partial charge in [-0.3, -0.25) is 9.59 Å². The first-order valence-electron chi connectivity index (χ1n) is 12.7. The highest BCUT2D eigenvalue weighted by Crippen LogP contribution is 2.11. The van der Waals surface area contributed by atoms with Gasteiger partial charge in [-0.1, -0.05) is 102 Å². The number of rotatable bonds is 22. The van der Waals surface area contributed by atoms with E-state index in [0.717, 1.165) is 38.5 Å². The third-order valence-corrected chi connectivity index (χ3v) is 5.37. The molecule has 0 aromatic carbocycles. The SMILES string of the molecule is CCCCCCCCCC(=O)OCC(COC(=O)CCCCCCCCC)OC(=O)OCCl. The van der Waals surface area contributed by atoms with E-state index < -0.39 is 12.3 Å². The van der Waals surface area contributed by atoms with Crippen LogP contribution in [-0.2, 0) is 28.5 Å². The van der Waals surface area contributed by atoms with Crippen LogP contribution in [0, 0.1) is 0 Å². The lowest BCUT2D eigenvalue weighted by Crippen LogP contribution is -2.31. The minimum absolute atomic E-state index is 0.197. The van der Waals surface area contributed by atoms with Crippen LogP contribution in [-0.4, -0.2) is 43.5 Å². The maximum absolute atomic E-state index is 12.0. The third kappa shape index (κ3) is 22.1. The van der Waals surface area contributed by atoms with Gasteiger partial charge in [0, 0.05) is 12.8 Å². The number of hydrogen-bond acceptors (Lipinski definition) is 7. The van der Waals surface area contributed by atoms with Crippen LogP contribution >= 0.6 is 11.6 Å². The van der Waals surface area contributed by atoms with Crippen molar-refractivity contribution < 1.29 is 33.3 Å². The van der Waals surface area contributed by atoms with Crippen LogP contribution in [0.15, 0.2) is 0 Å². The fraction of sp³-hybridized carbons (Fsp3) is 0.880. The Morgan fingerprint density at radius 2 is 1.00 bits per heavy atom. The predicted octanol–water partition coefficient (Wildman–Crippen LogP) is 7.07. The summed E-state index contributed by atoms with van der Waals surface area (Å²) in [6, 6.07) is -0.359. The molecular formula is C25H45ClO7.